The van der Waals surface area contributed by atoms with Gasteiger partial charge in [0.25, 0.3) is 0 Å². The van der Waals surface area contributed by atoms with Crippen LogP contribution in [0.25, 0.3) is 0 Å². The van der Waals surface area contributed by atoms with Crippen LogP contribution in [0.2, 0.25) is 5.02 Å². The number of hydrogen-bond acceptors (Lipinski definition) is 3. The minimum absolute atomic E-state index is 0.209. The van der Waals surface area contributed by atoms with Gasteiger partial charge in [0.1, 0.15) is 0 Å². The summed E-state index contributed by atoms with van der Waals surface area (Å²) in [6.45, 7) is 6.61. The van der Waals surface area contributed by atoms with Gasteiger partial charge in [-0.2, -0.15) is 0 Å². The van der Waals surface area contributed by atoms with E-state index in [1.807, 2.05) is 18.2 Å². The van der Waals surface area contributed by atoms with Crippen molar-refractivity contribution in [2.24, 2.45) is 5.92 Å². The molecule has 23 heavy (non-hydrogen) atoms. The summed E-state index contributed by atoms with van der Waals surface area (Å²) in [5.41, 5.74) is 1.18. The zero-order valence-electron chi connectivity index (χ0n) is 13.9. The number of carbonyl (C=O) groups is 1. The third kappa shape index (κ3) is 4.25. The molecule has 0 bridgehead atoms. The van der Waals surface area contributed by atoms with Gasteiger partial charge in [0.15, 0.2) is 0 Å². The molecule has 2 heterocycles. The molecule has 1 amide bonds. The quantitative estimate of drug-likeness (QED) is 0.848. The van der Waals surface area contributed by atoms with Gasteiger partial charge in [0, 0.05) is 43.7 Å². The molecule has 0 aromatic heterocycles. The smallest absolute Gasteiger partial charge is 0.225 e. The summed E-state index contributed by atoms with van der Waals surface area (Å²) in [5.74, 6) is 0.580. The lowest BCUT2D eigenvalue weighted by molar-refractivity contribution is -0.138. The van der Waals surface area contributed by atoms with E-state index in [-0.39, 0.29) is 5.92 Å². The first kappa shape index (κ1) is 16.7. The van der Waals surface area contributed by atoms with Gasteiger partial charge in [-0.15, -0.1) is 0 Å². The minimum Gasteiger partial charge on any atom is -0.340 e. The Balaban J connectivity index is 1.48. The number of rotatable bonds is 3. The van der Waals surface area contributed by atoms with Crippen molar-refractivity contribution in [3.8, 4) is 0 Å². The maximum atomic E-state index is 12.6. The SMILES string of the molecule is CN1CCN(C(=O)C2CCN(Cc3ccccc3Cl)CC2)CC1. The Morgan fingerprint density at radius 1 is 1.09 bits per heavy atom. The van der Waals surface area contributed by atoms with Gasteiger partial charge in [-0.25, -0.2) is 0 Å². The summed E-state index contributed by atoms with van der Waals surface area (Å²) < 4.78 is 0. The molecule has 4 nitrogen and oxygen atoms in total. The van der Waals surface area contributed by atoms with Crippen molar-refractivity contribution >= 4 is 17.5 Å². The van der Waals surface area contributed by atoms with Gasteiger partial charge in [-0.1, -0.05) is 29.8 Å². The fourth-order valence-corrected chi connectivity index (χ4v) is 3.69. The molecule has 2 saturated heterocycles. The highest BCUT2D eigenvalue weighted by Gasteiger charge is 2.29. The number of likely N-dealkylation sites (N-methyl/N-ethyl adjacent to an activating group) is 1. The number of halogens is 1. The van der Waals surface area contributed by atoms with Gasteiger partial charge in [0.2, 0.25) is 5.91 Å². The highest BCUT2D eigenvalue weighted by atomic mass is 35.5. The van der Waals surface area contributed by atoms with E-state index in [0.29, 0.717) is 5.91 Å². The fourth-order valence-electron chi connectivity index (χ4n) is 3.49. The number of hydrogen-bond donors (Lipinski definition) is 0. The topological polar surface area (TPSA) is 26.8 Å². The molecule has 2 aliphatic heterocycles. The van der Waals surface area contributed by atoms with Crippen LogP contribution in [0.4, 0.5) is 0 Å². The van der Waals surface area contributed by atoms with E-state index in [1.54, 1.807) is 0 Å². The van der Waals surface area contributed by atoms with E-state index >= 15 is 0 Å². The zero-order valence-corrected chi connectivity index (χ0v) is 14.6. The molecule has 0 atom stereocenters. The van der Waals surface area contributed by atoms with Crippen molar-refractivity contribution in [2.75, 3.05) is 46.3 Å². The summed E-state index contributed by atoms with van der Waals surface area (Å²) in [6, 6.07) is 8.03. The van der Waals surface area contributed by atoms with E-state index in [4.69, 9.17) is 11.6 Å². The van der Waals surface area contributed by atoms with E-state index in [0.717, 1.165) is 63.7 Å². The molecule has 0 aliphatic carbocycles. The lowest BCUT2D eigenvalue weighted by Gasteiger charge is -2.37. The second-order valence-electron chi connectivity index (χ2n) is 6.77. The first-order chi connectivity index (χ1) is 11.1. The summed E-state index contributed by atoms with van der Waals surface area (Å²) in [6.07, 6.45) is 1.94. The maximum Gasteiger partial charge on any atom is 0.225 e. The van der Waals surface area contributed by atoms with Crippen LogP contribution in [0.15, 0.2) is 24.3 Å². The molecule has 0 spiro atoms. The Hall–Kier alpha value is -1.10. The largest absolute Gasteiger partial charge is 0.340 e. The van der Waals surface area contributed by atoms with Gasteiger partial charge < -0.3 is 9.80 Å². The summed E-state index contributed by atoms with van der Waals surface area (Å²) in [7, 11) is 2.12. The summed E-state index contributed by atoms with van der Waals surface area (Å²) in [5, 5.41) is 0.836. The van der Waals surface area contributed by atoms with Crippen molar-refractivity contribution in [2.45, 2.75) is 19.4 Å². The van der Waals surface area contributed by atoms with Gasteiger partial charge in [0.05, 0.1) is 0 Å². The number of piperidine rings is 1. The number of nitrogens with zero attached hydrogens (tertiary/aromatic N) is 3. The monoisotopic (exact) mass is 335 g/mol. The van der Waals surface area contributed by atoms with E-state index in [1.165, 1.54) is 5.56 Å². The number of amides is 1. The molecule has 1 aromatic rings. The predicted octanol–water partition coefficient (Wildman–Crippen LogP) is 2.33. The van der Waals surface area contributed by atoms with Crippen LogP contribution >= 0.6 is 11.6 Å². The fraction of sp³-hybridized carbons (Fsp3) is 0.611. The van der Waals surface area contributed by atoms with Crippen LogP contribution in [0, 0.1) is 5.92 Å². The molecule has 126 valence electrons. The predicted molar refractivity (Wildman–Crippen MR) is 93.5 cm³/mol. The van der Waals surface area contributed by atoms with Gasteiger partial charge in [-0.05, 0) is 44.6 Å². The zero-order chi connectivity index (χ0) is 16.2. The third-order valence-corrected chi connectivity index (χ3v) is 5.47. The maximum absolute atomic E-state index is 12.6. The van der Waals surface area contributed by atoms with Gasteiger partial charge >= 0.3 is 0 Å². The molecular formula is C18H26ClN3O. The second-order valence-corrected chi connectivity index (χ2v) is 7.18. The van der Waals surface area contributed by atoms with Crippen molar-refractivity contribution in [1.82, 2.24) is 14.7 Å². The molecule has 0 radical (unpaired) electrons. The molecule has 0 saturated carbocycles. The van der Waals surface area contributed by atoms with Crippen molar-refractivity contribution in [1.29, 1.82) is 0 Å². The first-order valence-electron chi connectivity index (χ1n) is 8.56. The Labute approximate surface area is 144 Å². The molecule has 5 heteroatoms. The molecular weight excluding hydrogens is 310 g/mol. The van der Waals surface area contributed by atoms with Crippen molar-refractivity contribution < 1.29 is 4.79 Å². The molecule has 0 unspecified atom stereocenters. The lowest BCUT2D eigenvalue weighted by atomic mass is 9.94. The Morgan fingerprint density at radius 2 is 1.74 bits per heavy atom. The van der Waals surface area contributed by atoms with E-state index < -0.39 is 0 Å². The van der Waals surface area contributed by atoms with Crippen LogP contribution in [0.5, 0.6) is 0 Å². The normalized spacial score (nSPS) is 21.6. The van der Waals surface area contributed by atoms with Crippen molar-refractivity contribution in [3.63, 3.8) is 0 Å². The Morgan fingerprint density at radius 3 is 2.39 bits per heavy atom. The Kier molecular flexibility index (Phi) is 5.57. The highest BCUT2D eigenvalue weighted by molar-refractivity contribution is 6.31. The molecule has 2 fully saturated rings. The third-order valence-electron chi connectivity index (χ3n) is 5.10. The average Bonchev–Trinajstić information content (AvgIpc) is 2.58. The van der Waals surface area contributed by atoms with Crippen molar-refractivity contribution in [3.05, 3.63) is 34.9 Å². The lowest BCUT2D eigenvalue weighted by Crippen LogP contribution is -2.50. The standard InChI is InChI=1S/C18H26ClN3O/c1-20-10-12-22(13-11-20)18(23)15-6-8-21(9-7-15)14-16-4-2-3-5-17(16)19/h2-5,15H,6-14H2,1H3. The molecule has 3 rings (SSSR count). The average molecular weight is 336 g/mol. The van der Waals surface area contributed by atoms with Gasteiger partial charge in [-0.3, -0.25) is 9.69 Å². The van der Waals surface area contributed by atoms with Crippen LogP contribution < -0.4 is 0 Å². The van der Waals surface area contributed by atoms with Crippen LogP contribution in [-0.4, -0.2) is 66.9 Å². The number of piperazine rings is 1. The number of likely N-dealkylation sites (tertiary alicyclic amines) is 1. The van der Waals surface area contributed by atoms with Crippen LogP contribution in [0.3, 0.4) is 0 Å². The summed E-state index contributed by atoms with van der Waals surface area (Å²) in [4.78, 5) is 19.4. The summed E-state index contributed by atoms with van der Waals surface area (Å²) >= 11 is 6.24. The number of carbonyl (C=O) groups excluding carboxylic acids is 1. The molecule has 1 aromatic carbocycles. The second kappa shape index (κ2) is 7.65. The number of benzene rings is 1. The molecule has 2 aliphatic rings. The minimum atomic E-state index is 0.209. The van der Waals surface area contributed by atoms with Crippen LogP contribution in [0.1, 0.15) is 18.4 Å². The first-order valence-corrected chi connectivity index (χ1v) is 8.94. The van der Waals surface area contributed by atoms with E-state index in [2.05, 4.69) is 27.8 Å². The highest BCUT2D eigenvalue weighted by Crippen LogP contribution is 2.23. The Bertz CT molecular complexity index is 535. The molecule has 0 N–H and O–H groups in total. The van der Waals surface area contributed by atoms with Crippen LogP contribution in [-0.2, 0) is 11.3 Å². The van der Waals surface area contributed by atoms with E-state index in [9.17, 15) is 4.79 Å².